The molecule has 0 saturated heterocycles. The van der Waals surface area contributed by atoms with Gasteiger partial charge in [-0.2, -0.15) is 0 Å². The molecule has 0 saturated carbocycles. The molecule has 1 aromatic carbocycles. The van der Waals surface area contributed by atoms with Crippen LogP contribution in [-0.4, -0.2) is 5.78 Å². The van der Waals surface area contributed by atoms with Gasteiger partial charge in [0.25, 0.3) is 0 Å². The lowest BCUT2D eigenvalue weighted by Crippen LogP contribution is -2.01. The van der Waals surface area contributed by atoms with Crippen LogP contribution in [0.5, 0.6) is 0 Å². The Bertz CT molecular complexity index is 514. The molecule has 1 heterocycles. The molecule has 0 bridgehead atoms. The van der Waals surface area contributed by atoms with Gasteiger partial charge in [-0.25, -0.2) is 0 Å². The number of hydrogen-bond donors (Lipinski definition) is 0. The zero-order valence-corrected chi connectivity index (χ0v) is 10.5. The fourth-order valence-corrected chi connectivity index (χ4v) is 1.96. The van der Waals surface area contributed by atoms with Gasteiger partial charge >= 0.3 is 0 Å². The van der Waals surface area contributed by atoms with Gasteiger partial charge in [-0.1, -0.05) is 25.1 Å². The summed E-state index contributed by atoms with van der Waals surface area (Å²) < 4.78 is 5.55. The summed E-state index contributed by atoms with van der Waals surface area (Å²) in [7, 11) is 0. The van der Waals surface area contributed by atoms with Crippen molar-refractivity contribution in [3.05, 3.63) is 58.0 Å². The average Bonchev–Trinajstić information content (AvgIpc) is 2.74. The first-order valence-corrected chi connectivity index (χ1v) is 5.88. The zero-order valence-electron chi connectivity index (χ0n) is 8.87. The van der Waals surface area contributed by atoms with E-state index in [4.69, 9.17) is 4.42 Å². The third-order valence-electron chi connectivity index (χ3n) is 2.46. The Hall–Kier alpha value is -1.35. The monoisotopic (exact) mass is 278 g/mol. The summed E-state index contributed by atoms with van der Waals surface area (Å²) in [4.78, 5) is 12.1. The summed E-state index contributed by atoms with van der Waals surface area (Å²) in [6.07, 6.45) is 2.43. The number of carbonyl (C=O) groups is 1. The Labute approximate surface area is 102 Å². The van der Waals surface area contributed by atoms with Gasteiger partial charge in [0.2, 0.25) is 0 Å². The summed E-state index contributed by atoms with van der Waals surface area (Å²) in [6, 6.07) is 9.33. The van der Waals surface area contributed by atoms with Crippen LogP contribution in [0.1, 0.15) is 28.4 Å². The molecule has 0 N–H and O–H groups in total. The van der Waals surface area contributed by atoms with Gasteiger partial charge in [0.05, 0.1) is 11.8 Å². The van der Waals surface area contributed by atoms with E-state index >= 15 is 0 Å². The Kier molecular flexibility index (Phi) is 3.25. The highest BCUT2D eigenvalue weighted by Gasteiger charge is 2.14. The maximum atomic E-state index is 12.1. The lowest BCUT2D eigenvalue weighted by atomic mass is 10.0. The van der Waals surface area contributed by atoms with Crippen molar-refractivity contribution in [2.45, 2.75) is 13.3 Å². The SMILES string of the molecule is CCc1cccc(C(=O)c2ccoc2Br)c1. The van der Waals surface area contributed by atoms with E-state index in [0.29, 0.717) is 15.8 Å². The molecular formula is C13H11BrO2. The van der Waals surface area contributed by atoms with Crippen LogP contribution in [0, 0.1) is 0 Å². The number of aryl methyl sites for hydroxylation is 1. The molecule has 82 valence electrons. The topological polar surface area (TPSA) is 30.2 Å². The van der Waals surface area contributed by atoms with E-state index in [0.717, 1.165) is 12.0 Å². The quantitative estimate of drug-likeness (QED) is 0.799. The van der Waals surface area contributed by atoms with Crippen molar-refractivity contribution in [1.82, 2.24) is 0 Å². The van der Waals surface area contributed by atoms with Gasteiger partial charge in [-0.15, -0.1) is 0 Å². The minimum atomic E-state index is -0.0177. The number of ketones is 1. The van der Waals surface area contributed by atoms with Crippen molar-refractivity contribution < 1.29 is 9.21 Å². The van der Waals surface area contributed by atoms with Crippen LogP contribution in [0.4, 0.5) is 0 Å². The molecule has 0 aliphatic carbocycles. The van der Waals surface area contributed by atoms with Crippen LogP contribution in [0.25, 0.3) is 0 Å². The molecule has 2 nitrogen and oxygen atoms in total. The fraction of sp³-hybridized carbons (Fsp3) is 0.154. The maximum absolute atomic E-state index is 12.1. The van der Waals surface area contributed by atoms with Crippen LogP contribution in [0.15, 0.2) is 45.7 Å². The van der Waals surface area contributed by atoms with Gasteiger partial charge in [-0.3, -0.25) is 4.79 Å². The van der Waals surface area contributed by atoms with E-state index in [1.807, 2.05) is 24.3 Å². The van der Waals surface area contributed by atoms with Gasteiger partial charge in [0, 0.05) is 5.56 Å². The third kappa shape index (κ3) is 2.09. The third-order valence-corrected chi connectivity index (χ3v) is 3.07. The number of hydrogen-bond acceptors (Lipinski definition) is 2. The van der Waals surface area contributed by atoms with E-state index in [9.17, 15) is 4.79 Å². The Morgan fingerprint density at radius 3 is 2.81 bits per heavy atom. The highest BCUT2D eigenvalue weighted by Crippen LogP contribution is 2.21. The first-order valence-electron chi connectivity index (χ1n) is 5.09. The second-order valence-electron chi connectivity index (χ2n) is 3.49. The first kappa shape index (κ1) is 11.1. The molecule has 0 radical (unpaired) electrons. The molecule has 0 unspecified atom stereocenters. The van der Waals surface area contributed by atoms with Gasteiger partial charge < -0.3 is 4.42 Å². The van der Waals surface area contributed by atoms with E-state index in [1.54, 1.807) is 6.07 Å². The highest BCUT2D eigenvalue weighted by molar-refractivity contribution is 9.10. The molecular weight excluding hydrogens is 268 g/mol. The molecule has 0 spiro atoms. The standard InChI is InChI=1S/C13H11BrO2/c1-2-9-4-3-5-10(8-9)12(15)11-6-7-16-13(11)14/h3-8H,2H2,1H3. The second kappa shape index (κ2) is 4.66. The van der Waals surface area contributed by atoms with E-state index in [2.05, 4.69) is 22.9 Å². The number of benzene rings is 1. The Morgan fingerprint density at radius 2 is 2.19 bits per heavy atom. The number of halogens is 1. The minimum absolute atomic E-state index is 0.0177. The van der Waals surface area contributed by atoms with E-state index in [1.165, 1.54) is 6.26 Å². The lowest BCUT2D eigenvalue weighted by Gasteiger charge is -2.01. The largest absolute Gasteiger partial charge is 0.457 e. The molecule has 2 rings (SSSR count). The van der Waals surface area contributed by atoms with Crippen molar-refractivity contribution in [3.63, 3.8) is 0 Å². The molecule has 0 aliphatic rings. The number of furan rings is 1. The number of rotatable bonds is 3. The predicted octanol–water partition coefficient (Wildman–Crippen LogP) is 3.84. The molecule has 0 atom stereocenters. The van der Waals surface area contributed by atoms with Crippen molar-refractivity contribution in [3.8, 4) is 0 Å². The molecule has 0 amide bonds. The van der Waals surface area contributed by atoms with Crippen molar-refractivity contribution in [1.29, 1.82) is 0 Å². The maximum Gasteiger partial charge on any atom is 0.197 e. The van der Waals surface area contributed by atoms with E-state index in [-0.39, 0.29) is 5.78 Å². The smallest absolute Gasteiger partial charge is 0.197 e. The minimum Gasteiger partial charge on any atom is -0.457 e. The lowest BCUT2D eigenvalue weighted by molar-refractivity contribution is 0.103. The van der Waals surface area contributed by atoms with Gasteiger partial charge in [-0.05, 0) is 40.0 Å². The average molecular weight is 279 g/mol. The summed E-state index contributed by atoms with van der Waals surface area (Å²) >= 11 is 3.21. The van der Waals surface area contributed by atoms with Crippen LogP contribution < -0.4 is 0 Å². The highest BCUT2D eigenvalue weighted by atomic mass is 79.9. The van der Waals surface area contributed by atoms with Gasteiger partial charge in [0.15, 0.2) is 10.5 Å². The summed E-state index contributed by atoms with van der Waals surface area (Å²) in [6.45, 7) is 2.07. The number of carbonyl (C=O) groups excluding carboxylic acids is 1. The van der Waals surface area contributed by atoms with Crippen LogP contribution in [0.2, 0.25) is 0 Å². The molecule has 1 aromatic heterocycles. The van der Waals surface area contributed by atoms with Crippen LogP contribution in [-0.2, 0) is 6.42 Å². The molecule has 16 heavy (non-hydrogen) atoms. The molecule has 3 heteroatoms. The normalized spacial score (nSPS) is 10.4. The van der Waals surface area contributed by atoms with Crippen molar-refractivity contribution in [2.24, 2.45) is 0 Å². The summed E-state index contributed by atoms with van der Waals surface area (Å²) in [5.41, 5.74) is 2.42. The molecule has 0 fully saturated rings. The molecule has 0 aliphatic heterocycles. The zero-order chi connectivity index (χ0) is 11.5. The van der Waals surface area contributed by atoms with Crippen molar-refractivity contribution in [2.75, 3.05) is 0 Å². The van der Waals surface area contributed by atoms with Crippen LogP contribution >= 0.6 is 15.9 Å². The predicted molar refractivity (Wildman–Crippen MR) is 65.7 cm³/mol. The molecule has 2 aromatic rings. The van der Waals surface area contributed by atoms with Gasteiger partial charge in [0.1, 0.15) is 0 Å². The fourth-order valence-electron chi connectivity index (χ4n) is 1.54. The second-order valence-corrected chi connectivity index (χ2v) is 4.21. The van der Waals surface area contributed by atoms with Crippen molar-refractivity contribution >= 4 is 21.7 Å². The van der Waals surface area contributed by atoms with E-state index < -0.39 is 0 Å². The first-order chi connectivity index (χ1) is 7.72. The Morgan fingerprint density at radius 1 is 1.38 bits per heavy atom. The Balaban J connectivity index is 2.38. The summed E-state index contributed by atoms with van der Waals surface area (Å²) in [5, 5.41) is 0. The van der Waals surface area contributed by atoms with Crippen LogP contribution in [0.3, 0.4) is 0 Å². The summed E-state index contributed by atoms with van der Waals surface area (Å²) in [5.74, 6) is -0.0177.